The fourth-order valence-electron chi connectivity index (χ4n) is 1.75. The van der Waals surface area contributed by atoms with Crippen LogP contribution in [0.3, 0.4) is 0 Å². The first kappa shape index (κ1) is 18.0. The molecule has 0 fully saturated rings. The summed E-state index contributed by atoms with van der Waals surface area (Å²) in [6.07, 6.45) is -0.158. The molecule has 22 heavy (non-hydrogen) atoms. The van der Waals surface area contributed by atoms with Crippen LogP contribution in [0.4, 0.5) is 5.69 Å². The van der Waals surface area contributed by atoms with Crippen molar-refractivity contribution < 1.29 is 24.0 Å². The number of carbonyl (C=O) groups is 2. The molecule has 0 N–H and O–H groups in total. The summed E-state index contributed by atoms with van der Waals surface area (Å²) in [6, 6.07) is 5.72. The van der Waals surface area contributed by atoms with Gasteiger partial charge in [0.15, 0.2) is 0 Å². The number of nitro benzene ring substituents is 1. The summed E-state index contributed by atoms with van der Waals surface area (Å²) in [7, 11) is 1.24. The minimum Gasteiger partial charge on any atom is -0.468 e. The summed E-state index contributed by atoms with van der Waals surface area (Å²) in [6.45, 7) is 3.47. The number of thioether (sulfide) groups is 1. The molecular formula is C14H17NO6S. The Morgan fingerprint density at radius 2 is 1.91 bits per heavy atom. The van der Waals surface area contributed by atoms with Crippen LogP contribution < -0.4 is 0 Å². The molecule has 0 bridgehead atoms. The molecule has 8 heteroatoms. The minimum absolute atomic E-state index is 0.0467. The van der Waals surface area contributed by atoms with Gasteiger partial charge < -0.3 is 9.47 Å². The van der Waals surface area contributed by atoms with Crippen LogP contribution in [0.15, 0.2) is 29.2 Å². The number of nitro groups is 1. The highest BCUT2D eigenvalue weighted by molar-refractivity contribution is 8.01. The number of carbonyl (C=O) groups excluding carboxylic acids is 2. The van der Waals surface area contributed by atoms with E-state index in [4.69, 9.17) is 9.47 Å². The molecule has 0 aromatic heterocycles. The van der Waals surface area contributed by atoms with Crippen LogP contribution in [0.1, 0.15) is 20.3 Å². The molecule has 120 valence electrons. The third kappa shape index (κ3) is 4.73. The maximum atomic E-state index is 12.0. The van der Waals surface area contributed by atoms with Gasteiger partial charge in [0.1, 0.15) is 4.75 Å². The third-order valence-electron chi connectivity index (χ3n) is 2.79. The van der Waals surface area contributed by atoms with Gasteiger partial charge in [-0.2, -0.15) is 0 Å². The number of rotatable bonds is 7. The lowest BCUT2D eigenvalue weighted by Crippen LogP contribution is -2.36. The van der Waals surface area contributed by atoms with Gasteiger partial charge in [-0.1, -0.05) is 0 Å². The van der Waals surface area contributed by atoms with E-state index in [1.54, 1.807) is 13.8 Å². The van der Waals surface area contributed by atoms with E-state index in [1.807, 2.05) is 0 Å². The van der Waals surface area contributed by atoms with Crippen LogP contribution in [0.5, 0.6) is 0 Å². The molecule has 1 unspecified atom stereocenters. The Kier molecular flexibility index (Phi) is 6.36. The molecule has 1 atom stereocenters. The largest absolute Gasteiger partial charge is 0.468 e. The van der Waals surface area contributed by atoms with Crippen LogP contribution >= 0.6 is 11.8 Å². The number of methoxy groups -OCH3 is 1. The van der Waals surface area contributed by atoms with Gasteiger partial charge in [-0.05, 0) is 26.0 Å². The quantitative estimate of drug-likeness (QED) is 0.328. The number of non-ortho nitro benzene ring substituents is 1. The van der Waals surface area contributed by atoms with Crippen LogP contribution in [-0.2, 0) is 19.1 Å². The molecule has 1 rings (SSSR count). The second kappa shape index (κ2) is 7.79. The molecule has 7 nitrogen and oxygen atoms in total. The van der Waals surface area contributed by atoms with Gasteiger partial charge in [0, 0.05) is 17.0 Å². The van der Waals surface area contributed by atoms with Gasteiger partial charge in [0.25, 0.3) is 5.69 Å². The number of ether oxygens (including phenoxy) is 2. The summed E-state index contributed by atoms with van der Waals surface area (Å²) in [5, 5.41) is 10.6. The summed E-state index contributed by atoms with van der Waals surface area (Å²) < 4.78 is 8.45. The Morgan fingerprint density at radius 1 is 1.32 bits per heavy atom. The molecule has 0 saturated carbocycles. The first-order valence-electron chi connectivity index (χ1n) is 6.50. The van der Waals surface area contributed by atoms with Crippen LogP contribution in [0.2, 0.25) is 0 Å². The Hall–Kier alpha value is -2.09. The van der Waals surface area contributed by atoms with Gasteiger partial charge in [0.2, 0.25) is 0 Å². The molecule has 0 saturated heterocycles. The predicted molar refractivity (Wildman–Crippen MR) is 80.6 cm³/mol. The Morgan fingerprint density at radius 3 is 2.36 bits per heavy atom. The van der Waals surface area contributed by atoms with Crippen molar-refractivity contribution in [3.05, 3.63) is 34.4 Å². The van der Waals surface area contributed by atoms with Crippen molar-refractivity contribution in [1.29, 1.82) is 0 Å². The number of esters is 2. The van der Waals surface area contributed by atoms with Gasteiger partial charge in [0.05, 0.1) is 25.1 Å². The lowest BCUT2D eigenvalue weighted by molar-refractivity contribution is -0.384. The van der Waals surface area contributed by atoms with Crippen molar-refractivity contribution >= 4 is 29.4 Å². The van der Waals surface area contributed by atoms with E-state index >= 15 is 0 Å². The molecule has 1 aromatic rings. The average Bonchev–Trinajstić information content (AvgIpc) is 2.46. The minimum atomic E-state index is -1.17. The summed E-state index contributed by atoms with van der Waals surface area (Å²) >= 11 is 1.10. The van der Waals surface area contributed by atoms with Crippen molar-refractivity contribution in [3.8, 4) is 0 Å². The fraction of sp³-hybridized carbons (Fsp3) is 0.429. The molecule has 0 aliphatic carbocycles. The van der Waals surface area contributed by atoms with Crippen LogP contribution in [-0.4, -0.2) is 35.3 Å². The summed E-state index contributed by atoms with van der Waals surface area (Å²) in [4.78, 5) is 34.4. The van der Waals surface area contributed by atoms with Gasteiger partial charge in [-0.25, -0.2) is 0 Å². The number of nitrogens with zero attached hydrogens (tertiary/aromatic N) is 1. The van der Waals surface area contributed by atoms with E-state index < -0.39 is 21.6 Å². The van der Waals surface area contributed by atoms with Crippen molar-refractivity contribution in [1.82, 2.24) is 0 Å². The lowest BCUT2D eigenvalue weighted by atomic mass is 10.1. The molecule has 0 aliphatic heterocycles. The first-order chi connectivity index (χ1) is 10.3. The SMILES string of the molecule is CCOC(=O)CC(C)(Sc1ccc([N+](=O)[O-])cc1)C(=O)OC. The van der Waals surface area contributed by atoms with Crippen LogP contribution in [0, 0.1) is 10.1 Å². The van der Waals surface area contributed by atoms with E-state index in [0.29, 0.717) is 4.90 Å². The molecule has 0 aliphatic rings. The van der Waals surface area contributed by atoms with Crippen molar-refractivity contribution in [3.63, 3.8) is 0 Å². The third-order valence-corrected chi connectivity index (χ3v) is 4.06. The van der Waals surface area contributed by atoms with E-state index in [-0.39, 0.29) is 18.7 Å². The zero-order valence-electron chi connectivity index (χ0n) is 12.5. The van der Waals surface area contributed by atoms with Gasteiger partial charge >= 0.3 is 11.9 Å². The molecule has 1 aromatic carbocycles. The monoisotopic (exact) mass is 327 g/mol. The Bertz CT molecular complexity index is 559. The number of hydrogen-bond donors (Lipinski definition) is 0. The molecule has 0 spiro atoms. The molecular weight excluding hydrogens is 310 g/mol. The fourth-order valence-corrected chi connectivity index (χ4v) is 2.90. The zero-order valence-corrected chi connectivity index (χ0v) is 13.3. The molecule has 0 radical (unpaired) electrons. The van der Waals surface area contributed by atoms with E-state index in [0.717, 1.165) is 11.8 Å². The summed E-state index contributed by atoms with van der Waals surface area (Å²) in [5.74, 6) is -1.08. The van der Waals surface area contributed by atoms with Gasteiger partial charge in [-0.3, -0.25) is 19.7 Å². The average molecular weight is 327 g/mol. The highest BCUT2D eigenvalue weighted by Crippen LogP contribution is 2.37. The first-order valence-corrected chi connectivity index (χ1v) is 7.31. The van der Waals surface area contributed by atoms with E-state index in [9.17, 15) is 19.7 Å². The van der Waals surface area contributed by atoms with E-state index in [2.05, 4.69) is 0 Å². The topological polar surface area (TPSA) is 95.7 Å². The zero-order chi connectivity index (χ0) is 16.8. The lowest BCUT2D eigenvalue weighted by Gasteiger charge is -2.24. The Labute approximate surface area is 132 Å². The van der Waals surface area contributed by atoms with Gasteiger partial charge in [-0.15, -0.1) is 11.8 Å². The van der Waals surface area contributed by atoms with Crippen LogP contribution in [0.25, 0.3) is 0 Å². The second-order valence-electron chi connectivity index (χ2n) is 4.56. The standard InChI is InChI=1S/C14H17NO6S/c1-4-21-12(16)9-14(2,13(17)20-3)22-11-7-5-10(6-8-11)15(18)19/h5-8H,4,9H2,1-3H3. The number of benzene rings is 1. The molecule has 0 heterocycles. The van der Waals surface area contributed by atoms with E-state index in [1.165, 1.54) is 31.4 Å². The maximum absolute atomic E-state index is 12.0. The molecule has 0 amide bonds. The predicted octanol–water partition coefficient (Wildman–Crippen LogP) is 2.57. The smallest absolute Gasteiger partial charge is 0.322 e. The summed E-state index contributed by atoms with van der Waals surface area (Å²) in [5.41, 5.74) is -0.0467. The highest BCUT2D eigenvalue weighted by atomic mass is 32.2. The highest BCUT2D eigenvalue weighted by Gasteiger charge is 2.38. The Balaban J connectivity index is 2.95. The van der Waals surface area contributed by atoms with Crippen molar-refractivity contribution in [2.75, 3.05) is 13.7 Å². The van der Waals surface area contributed by atoms with Crippen molar-refractivity contribution in [2.24, 2.45) is 0 Å². The number of hydrogen-bond acceptors (Lipinski definition) is 7. The normalized spacial score (nSPS) is 13.0. The maximum Gasteiger partial charge on any atom is 0.322 e. The van der Waals surface area contributed by atoms with Crippen molar-refractivity contribution in [2.45, 2.75) is 29.9 Å². The second-order valence-corrected chi connectivity index (χ2v) is 6.13.